The number of aliphatic hydroxyl groups is 1. The molecule has 0 radical (unpaired) electrons. The van der Waals surface area contributed by atoms with Crippen molar-refractivity contribution in [2.75, 3.05) is 0 Å². The zero-order valence-corrected chi connectivity index (χ0v) is 9.78. The minimum atomic E-state index is -0.317. The molecule has 0 bridgehead atoms. The van der Waals surface area contributed by atoms with Crippen molar-refractivity contribution >= 4 is 15.9 Å². The summed E-state index contributed by atoms with van der Waals surface area (Å²) < 4.78 is 13.5. The minimum absolute atomic E-state index is 0.0924. The third kappa shape index (κ3) is 2.25. The van der Waals surface area contributed by atoms with Crippen LogP contribution < -0.4 is 0 Å². The van der Waals surface area contributed by atoms with Gasteiger partial charge in [-0.05, 0) is 34.1 Å². The summed E-state index contributed by atoms with van der Waals surface area (Å²) in [6.45, 7) is -0.0924. The molecule has 2 aromatic rings. The molecule has 0 aliphatic heterocycles. The van der Waals surface area contributed by atoms with Gasteiger partial charge >= 0.3 is 0 Å². The SMILES string of the molecule is OCc1cnc(-c2ccc(F)cc2Br)nc1. The summed E-state index contributed by atoms with van der Waals surface area (Å²) in [5.74, 6) is 0.173. The standard InChI is InChI=1S/C11H8BrFN2O/c12-10-3-8(13)1-2-9(10)11-14-4-7(6-16)5-15-11/h1-5,16H,6H2. The molecule has 0 saturated heterocycles. The van der Waals surface area contributed by atoms with Crippen molar-refractivity contribution in [2.24, 2.45) is 0 Å². The topological polar surface area (TPSA) is 46.0 Å². The Hall–Kier alpha value is -1.33. The Morgan fingerprint density at radius 1 is 1.25 bits per heavy atom. The Balaban J connectivity index is 2.42. The van der Waals surface area contributed by atoms with Crippen LogP contribution in [0, 0.1) is 5.82 Å². The maximum atomic E-state index is 12.9. The smallest absolute Gasteiger partial charge is 0.160 e. The third-order valence-corrected chi connectivity index (χ3v) is 2.72. The Morgan fingerprint density at radius 3 is 2.50 bits per heavy atom. The van der Waals surface area contributed by atoms with Gasteiger partial charge in [0.1, 0.15) is 5.82 Å². The maximum Gasteiger partial charge on any atom is 0.160 e. The van der Waals surface area contributed by atoms with E-state index in [9.17, 15) is 4.39 Å². The lowest BCUT2D eigenvalue weighted by Crippen LogP contribution is -1.93. The first kappa shape index (κ1) is 11.2. The monoisotopic (exact) mass is 282 g/mol. The molecule has 0 amide bonds. The van der Waals surface area contributed by atoms with Crippen LogP contribution in [-0.4, -0.2) is 15.1 Å². The van der Waals surface area contributed by atoms with E-state index in [0.717, 1.165) is 0 Å². The number of hydrogen-bond donors (Lipinski definition) is 1. The quantitative estimate of drug-likeness (QED) is 0.921. The van der Waals surface area contributed by atoms with Crippen LogP contribution in [0.15, 0.2) is 35.1 Å². The minimum Gasteiger partial charge on any atom is -0.392 e. The fourth-order valence-corrected chi connectivity index (χ4v) is 1.77. The number of nitrogens with zero attached hydrogens (tertiary/aromatic N) is 2. The van der Waals surface area contributed by atoms with Crippen LogP contribution in [0.3, 0.4) is 0 Å². The molecule has 0 aliphatic rings. The zero-order valence-electron chi connectivity index (χ0n) is 8.19. The summed E-state index contributed by atoms with van der Waals surface area (Å²) >= 11 is 3.25. The lowest BCUT2D eigenvalue weighted by Gasteiger charge is -2.03. The molecule has 0 aliphatic carbocycles. The van der Waals surface area contributed by atoms with E-state index in [-0.39, 0.29) is 12.4 Å². The molecular weight excluding hydrogens is 275 g/mol. The van der Waals surface area contributed by atoms with E-state index in [1.54, 1.807) is 6.07 Å². The van der Waals surface area contributed by atoms with Crippen LogP contribution in [0.25, 0.3) is 11.4 Å². The Morgan fingerprint density at radius 2 is 1.94 bits per heavy atom. The van der Waals surface area contributed by atoms with Crippen LogP contribution in [0.1, 0.15) is 5.56 Å². The van der Waals surface area contributed by atoms with E-state index in [1.165, 1.54) is 24.5 Å². The summed E-state index contributed by atoms with van der Waals surface area (Å²) in [5.41, 5.74) is 1.35. The van der Waals surface area contributed by atoms with Gasteiger partial charge in [-0.25, -0.2) is 14.4 Å². The van der Waals surface area contributed by atoms with Crippen molar-refractivity contribution < 1.29 is 9.50 Å². The highest BCUT2D eigenvalue weighted by atomic mass is 79.9. The molecule has 0 spiro atoms. The fourth-order valence-electron chi connectivity index (χ4n) is 1.25. The number of aliphatic hydroxyl groups excluding tert-OH is 1. The highest BCUT2D eigenvalue weighted by Gasteiger charge is 2.06. The zero-order chi connectivity index (χ0) is 11.5. The molecule has 1 heterocycles. The number of benzene rings is 1. The van der Waals surface area contributed by atoms with Gasteiger partial charge < -0.3 is 5.11 Å². The average Bonchev–Trinajstić information content (AvgIpc) is 2.29. The van der Waals surface area contributed by atoms with Gasteiger partial charge in [-0.2, -0.15) is 0 Å². The molecule has 0 saturated carbocycles. The molecule has 0 fully saturated rings. The van der Waals surface area contributed by atoms with Gasteiger partial charge in [0.15, 0.2) is 5.82 Å². The van der Waals surface area contributed by atoms with Crippen LogP contribution >= 0.6 is 15.9 Å². The lowest BCUT2D eigenvalue weighted by molar-refractivity contribution is 0.281. The summed E-state index contributed by atoms with van der Waals surface area (Å²) in [6.07, 6.45) is 3.08. The van der Waals surface area contributed by atoms with Gasteiger partial charge in [0.2, 0.25) is 0 Å². The van der Waals surface area contributed by atoms with Crippen molar-refractivity contribution in [3.05, 3.63) is 46.4 Å². The molecule has 0 atom stereocenters. The maximum absolute atomic E-state index is 12.9. The normalized spacial score (nSPS) is 10.4. The molecule has 16 heavy (non-hydrogen) atoms. The number of aromatic nitrogens is 2. The van der Waals surface area contributed by atoms with Gasteiger partial charge in [-0.3, -0.25) is 0 Å². The molecule has 82 valence electrons. The summed E-state index contributed by atoms with van der Waals surface area (Å²) in [7, 11) is 0. The van der Waals surface area contributed by atoms with Crippen molar-refractivity contribution in [2.45, 2.75) is 6.61 Å². The molecule has 5 heteroatoms. The van der Waals surface area contributed by atoms with Gasteiger partial charge in [0.05, 0.1) is 6.61 Å². The van der Waals surface area contributed by atoms with Crippen molar-refractivity contribution in [1.29, 1.82) is 0 Å². The van der Waals surface area contributed by atoms with Crippen LogP contribution in [0.4, 0.5) is 4.39 Å². The summed E-state index contributed by atoms with van der Waals surface area (Å²) in [5, 5.41) is 8.85. The molecule has 1 aromatic heterocycles. The van der Waals surface area contributed by atoms with E-state index in [0.29, 0.717) is 21.4 Å². The fraction of sp³-hybridized carbons (Fsp3) is 0.0909. The molecule has 3 nitrogen and oxygen atoms in total. The van der Waals surface area contributed by atoms with Crippen molar-refractivity contribution in [3.8, 4) is 11.4 Å². The number of hydrogen-bond acceptors (Lipinski definition) is 3. The highest BCUT2D eigenvalue weighted by molar-refractivity contribution is 9.10. The Kier molecular flexibility index (Phi) is 3.26. The second-order valence-corrected chi connectivity index (χ2v) is 4.05. The summed E-state index contributed by atoms with van der Waals surface area (Å²) in [6, 6.07) is 4.31. The number of rotatable bonds is 2. The molecule has 2 rings (SSSR count). The van der Waals surface area contributed by atoms with E-state index in [1.807, 2.05) is 0 Å². The van der Waals surface area contributed by atoms with Gasteiger partial charge in [-0.1, -0.05) is 0 Å². The van der Waals surface area contributed by atoms with Gasteiger partial charge in [0, 0.05) is 28.0 Å². The van der Waals surface area contributed by atoms with Gasteiger partial charge in [-0.15, -0.1) is 0 Å². The second-order valence-electron chi connectivity index (χ2n) is 3.20. The first-order valence-corrected chi connectivity index (χ1v) is 5.37. The Labute approximate surface area is 100 Å². The van der Waals surface area contributed by atoms with E-state index < -0.39 is 0 Å². The average molecular weight is 283 g/mol. The van der Waals surface area contributed by atoms with Gasteiger partial charge in [0.25, 0.3) is 0 Å². The summed E-state index contributed by atoms with van der Waals surface area (Å²) in [4.78, 5) is 8.17. The second kappa shape index (κ2) is 4.67. The predicted molar refractivity (Wildman–Crippen MR) is 61.0 cm³/mol. The molecule has 1 N–H and O–H groups in total. The molecule has 1 aromatic carbocycles. The van der Waals surface area contributed by atoms with Crippen molar-refractivity contribution in [3.63, 3.8) is 0 Å². The van der Waals surface area contributed by atoms with Crippen molar-refractivity contribution in [1.82, 2.24) is 9.97 Å². The van der Waals surface area contributed by atoms with E-state index >= 15 is 0 Å². The number of halogens is 2. The predicted octanol–water partition coefficient (Wildman–Crippen LogP) is 2.54. The largest absolute Gasteiger partial charge is 0.392 e. The van der Waals surface area contributed by atoms with Crippen LogP contribution in [0.2, 0.25) is 0 Å². The highest BCUT2D eigenvalue weighted by Crippen LogP contribution is 2.25. The molecule has 0 unspecified atom stereocenters. The Bertz CT molecular complexity index is 502. The third-order valence-electron chi connectivity index (χ3n) is 2.06. The van der Waals surface area contributed by atoms with Crippen LogP contribution in [-0.2, 0) is 6.61 Å². The first-order chi connectivity index (χ1) is 7.70. The first-order valence-electron chi connectivity index (χ1n) is 4.58. The molecular formula is C11H8BrFN2O. The van der Waals surface area contributed by atoms with Crippen LogP contribution in [0.5, 0.6) is 0 Å². The van der Waals surface area contributed by atoms with E-state index in [2.05, 4.69) is 25.9 Å². The van der Waals surface area contributed by atoms with E-state index in [4.69, 9.17) is 5.11 Å². The lowest BCUT2D eigenvalue weighted by atomic mass is 10.2.